The van der Waals surface area contributed by atoms with E-state index in [1.165, 1.54) is 5.56 Å². The van der Waals surface area contributed by atoms with E-state index < -0.39 is 0 Å². The van der Waals surface area contributed by atoms with Gasteiger partial charge in [-0.3, -0.25) is 4.79 Å². The molecule has 128 valence electrons. The number of nitrogens with zero attached hydrogens (tertiary/aromatic N) is 2. The lowest BCUT2D eigenvalue weighted by Gasteiger charge is -2.03. The van der Waals surface area contributed by atoms with E-state index in [-0.39, 0.29) is 12.5 Å². The Morgan fingerprint density at radius 3 is 2.76 bits per heavy atom. The van der Waals surface area contributed by atoms with E-state index in [0.29, 0.717) is 18.1 Å². The van der Waals surface area contributed by atoms with Crippen LogP contribution in [0.1, 0.15) is 17.0 Å². The zero-order valence-corrected chi connectivity index (χ0v) is 14.2. The molecule has 3 rings (SSSR count). The number of hydrogen-bond donors (Lipinski definition) is 1. The summed E-state index contributed by atoms with van der Waals surface area (Å²) in [5, 5.41) is 6.73. The van der Waals surface area contributed by atoms with E-state index in [1.54, 1.807) is 7.11 Å². The molecule has 6 heteroatoms. The molecule has 0 atom stereocenters. The van der Waals surface area contributed by atoms with Crippen LogP contribution in [0.15, 0.2) is 53.1 Å². The van der Waals surface area contributed by atoms with Gasteiger partial charge in [-0.2, -0.15) is 4.98 Å². The van der Waals surface area contributed by atoms with Crippen molar-refractivity contribution < 1.29 is 14.1 Å². The molecule has 0 spiro atoms. The Hall–Kier alpha value is -3.15. The summed E-state index contributed by atoms with van der Waals surface area (Å²) in [6, 6.07) is 15.3. The molecule has 0 radical (unpaired) electrons. The molecule has 0 saturated heterocycles. The van der Waals surface area contributed by atoms with Crippen molar-refractivity contribution in [2.75, 3.05) is 7.11 Å². The van der Waals surface area contributed by atoms with E-state index in [9.17, 15) is 4.79 Å². The molecule has 3 aromatic rings. The molecule has 0 fully saturated rings. The minimum atomic E-state index is -0.0926. The van der Waals surface area contributed by atoms with Crippen LogP contribution in [0, 0.1) is 6.92 Å². The fourth-order valence-corrected chi connectivity index (χ4v) is 2.33. The molecule has 0 unspecified atom stereocenters. The number of rotatable bonds is 6. The molecular formula is C19H19N3O3. The van der Waals surface area contributed by atoms with Crippen LogP contribution in [0.25, 0.3) is 11.4 Å². The van der Waals surface area contributed by atoms with Gasteiger partial charge in [0.1, 0.15) is 5.75 Å². The molecule has 1 aromatic heterocycles. The largest absolute Gasteiger partial charge is 0.497 e. The topological polar surface area (TPSA) is 77.3 Å². The van der Waals surface area contributed by atoms with Gasteiger partial charge in [0, 0.05) is 5.56 Å². The SMILES string of the molecule is COc1cccc(-c2noc(CNC(=O)Cc3ccc(C)cc3)n2)c1. The predicted octanol–water partition coefficient (Wildman–Crippen LogP) is 2.91. The third-order valence-electron chi connectivity index (χ3n) is 3.72. The molecule has 25 heavy (non-hydrogen) atoms. The van der Waals surface area contributed by atoms with Crippen LogP contribution in [0.2, 0.25) is 0 Å². The lowest BCUT2D eigenvalue weighted by molar-refractivity contribution is -0.120. The van der Waals surface area contributed by atoms with Crippen molar-refractivity contribution >= 4 is 5.91 Å². The highest BCUT2D eigenvalue weighted by atomic mass is 16.5. The van der Waals surface area contributed by atoms with Gasteiger partial charge in [-0.05, 0) is 24.6 Å². The predicted molar refractivity (Wildman–Crippen MR) is 93.0 cm³/mol. The van der Waals surface area contributed by atoms with Gasteiger partial charge in [0.15, 0.2) is 0 Å². The molecule has 2 aromatic carbocycles. The quantitative estimate of drug-likeness (QED) is 0.748. The second-order valence-corrected chi connectivity index (χ2v) is 5.68. The summed E-state index contributed by atoms with van der Waals surface area (Å²) in [6.45, 7) is 2.21. The van der Waals surface area contributed by atoms with Crippen LogP contribution < -0.4 is 10.1 Å². The fraction of sp³-hybridized carbons (Fsp3) is 0.211. The molecular weight excluding hydrogens is 318 g/mol. The summed E-state index contributed by atoms with van der Waals surface area (Å²) in [5.74, 6) is 1.44. The highest BCUT2D eigenvalue weighted by Crippen LogP contribution is 2.21. The first-order chi connectivity index (χ1) is 12.1. The third-order valence-corrected chi connectivity index (χ3v) is 3.72. The van der Waals surface area contributed by atoms with Gasteiger partial charge in [0.25, 0.3) is 0 Å². The molecule has 1 heterocycles. The van der Waals surface area contributed by atoms with Crippen LogP contribution in [-0.2, 0) is 17.8 Å². The van der Waals surface area contributed by atoms with Crippen LogP contribution in [0.5, 0.6) is 5.75 Å². The Labute approximate surface area is 145 Å². The highest BCUT2D eigenvalue weighted by molar-refractivity contribution is 5.78. The standard InChI is InChI=1S/C19H19N3O3/c1-13-6-8-14(9-7-13)10-17(23)20-12-18-21-19(22-25-18)15-4-3-5-16(11-15)24-2/h3-9,11H,10,12H2,1-2H3,(H,20,23). The van der Waals surface area contributed by atoms with E-state index in [0.717, 1.165) is 16.9 Å². The van der Waals surface area contributed by atoms with Gasteiger partial charge in [0.05, 0.1) is 20.1 Å². The van der Waals surface area contributed by atoms with Gasteiger partial charge in [-0.15, -0.1) is 0 Å². The Morgan fingerprint density at radius 2 is 2.00 bits per heavy atom. The minimum Gasteiger partial charge on any atom is -0.497 e. The van der Waals surface area contributed by atoms with E-state index in [4.69, 9.17) is 9.26 Å². The first-order valence-electron chi connectivity index (χ1n) is 7.93. The first kappa shape index (κ1) is 16.7. The van der Waals surface area contributed by atoms with Crippen LogP contribution in [-0.4, -0.2) is 23.2 Å². The maximum Gasteiger partial charge on any atom is 0.246 e. The monoisotopic (exact) mass is 337 g/mol. The number of methoxy groups -OCH3 is 1. The molecule has 0 aliphatic rings. The molecule has 0 aliphatic heterocycles. The number of aryl methyl sites for hydroxylation is 1. The molecule has 6 nitrogen and oxygen atoms in total. The first-order valence-corrected chi connectivity index (χ1v) is 7.93. The zero-order valence-electron chi connectivity index (χ0n) is 14.2. The number of carbonyl (C=O) groups excluding carboxylic acids is 1. The zero-order chi connectivity index (χ0) is 17.6. The third kappa shape index (κ3) is 4.44. The number of amides is 1. The second kappa shape index (κ2) is 7.61. The Kier molecular flexibility index (Phi) is 5.09. The minimum absolute atomic E-state index is 0.0926. The van der Waals surface area contributed by atoms with Gasteiger partial charge < -0.3 is 14.6 Å². The number of hydrogen-bond acceptors (Lipinski definition) is 5. The second-order valence-electron chi connectivity index (χ2n) is 5.68. The number of carbonyl (C=O) groups is 1. The lowest BCUT2D eigenvalue weighted by Crippen LogP contribution is -2.24. The average Bonchev–Trinajstić information content (AvgIpc) is 3.11. The number of ether oxygens (including phenoxy) is 1. The van der Waals surface area contributed by atoms with Gasteiger partial charge in [-0.1, -0.05) is 47.1 Å². The molecule has 0 bridgehead atoms. The van der Waals surface area contributed by atoms with Crippen molar-refractivity contribution in [2.24, 2.45) is 0 Å². The molecule has 0 saturated carbocycles. The van der Waals surface area contributed by atoms with Crippen molar-refractivity contribution in [3.8, 4) is 17.1 Å². The maximum atomic E-state index is 12.0. The Bertz CT molecular complexity index is 856. The van der Waals surface area contributed by atoms with E-state index in [1.807, 2.05) is 55.5 Å². The van der Waals surface area contributed by atoms with Crippen molar-refractivity contribution in [3.05, 3.63) is 65.5 Å². The van der Waals surface area contributed by atoms with Crippen LogP contribution in [0.3, 0.4) is 0 Å². The Balaban J connectivity index is 1.57. The maximum absolute atomic E-state index is 12.0. The Morgan fingerprint density at radius 1 is 1.20 bits per heavy atom. The summed E-state index contributed by atoms with van der Waals surface area (Å²) < 4.78 is 10.4. The van der Waals surface area contributed by atoms with Crippen LogP contribution in [0.4, 0.5) is 0 Å². The highest BCUT2D eigenvalue weighted by Gasteiger charge is 2.11. The average molecular weight is 337 g/mol. The number of benzene rings is 2. The van der Waals surface area contributed by atoms with E-state index in [2.05, 4.69) is 15.5 Å². The number of aromatic nitrogens is 2. The van der Waals surface area contributed by atoms with Crippen molar-refractivity contribution in [1.82, 2.24) is 15.5 Å². The van der Waals surface area contributed by atoms with Gasteiger partial charge in [-0.25, -0.2) is 0 Å². The summed E-state index contributed by atoms with van der Waals surface area (Å²) in [4.78, 5) is 16.3. The summed E-state index contributed by atoms with van der Waals surface area (Å²) >= 11 is 0. The molecule has 1 amide bonds. The molecule has 0 aliphatic carbocycles. The van der Waals surface area contributed by atoms with Gasteiger partial charge in [0.2, 0.25) is 17.6 Å². The summed E-state index contributed by atoms with van der Waals surface area (Å²) in [6.07, 6.45) is 0.317. The van der Waals surface area contributed by atoms with Gasteiger partial charge >= 0.3 is 0 Å². The van der Waals surface area contributed by atoms with E-state index >= 15 is 0 Å². The summed E-state index contributed by atoms with van der Waals surface area (Å²) in [5.41, 5.74) is 2.92. The van der Waals surface area contributed by atoms with Crippen molar-refractivity contribution in [1.29, 1.82) is 0 Å². The molecule has 1 N–H and O–H groups in total. The van der Waals surface area contributed by atoms with Crippen molar-refractivity contribution in [2.45, 2.75) is 19.9 Å². The number of nitrogens with one attached hydrogen (secondary N) is 1. The lowest BCUT2D eigenvalue weighted by atomic mass is 10.1. The summed E-state index contributed by atoms with van der Waals surface area (Å²) in [7, 11) is 1.60. The van der Waals surface area contributed by atoms with Crippen LogP contribution >= 0.6 is 0 Å². The van der Waals surface area contributed by atoms with Crippen molar-refractivity contribution in [3.63, 3.8) is 0 Å². The fourth-order valence-electron chi connectivity index (χ4n) is 2.33. The normalized spacial score (nSPS) is 10.5. The smallest absolute Gasteiger partial charge is 0.246 e.